The van der Waals surface area contributed by atoms with Crippen LogP contribution in [0.15, 0.2) is 36.4 Å². The van der Waals surface area contributed by atoms with Crippen molar-refractivity contribution in [2.75, 3.05) is 13.1 Å². The number of fused-ring (bicyclic) bond motifs is 5. The Hall–Kier alpha value is -3.92. The summed E-state index contributed by atoms with van der Waals surface area (Å²) in [6, 6.07) is 5.18. The predicted octanol–water partition coefficient (Wildman–Crippen LogP) is 6.07. The van der Waals surface area contributed by atoms with Crippen molar-refractivity contribution in [3.05, 3.63) is 47.7 Å². The van der Waals surface area contributed by atoms with E-state index in [2.05, 4.69) is 20.3 Å². The lowest BCUT2D eigenvalue weighted by molar-refractivity contribution is -0.144. The maximum atomic E-state index is 14.7. The normalized spacial score (nSPS) is 30.8. The van der Waals surface area contributed by atoms with Crippen LogP contribution in [0.3, 0.4) is 0 Å². The van der Waals surface area contributed by atoms with Gasteiger partial charge >= 0.3 is 12.3 Å². The molecule has 4 fully saturated rings. The second-order valence-corrected chi connectivity index (χ2v) is 20.1. The van der Waals surface area contributed by atoms with Crippen LogP contribution in [0.4, 0.5) is 18.0 Å². The molecule has 5 atom stereocenters. The molecule has 16 heteroatoms. The van der Waals surface area contributed by atoms with E-state index in [1.165, 1.54) is 0 Å². The highest BCUT2D eigenvalue weighted by Gasteiger charge is 2.64. The van der Waals surface area contributed by atoms with Gasteiger partial charge in [-0.05, 0) is 83.1 Å². The first-order valence-corrected chi connectivity index (χ1v) is 21.8. The van der Waals surface area contributed by atoms with E-state index in [1.54, 1.807) is 31.2 Å². The summed E-state index contributed by atoms with van der Waals surface area (Å²) < 4.78 is 84.0. The van der Waals surface area contributed by atoms with E-state index >= 15 is 0 Å². The van der Waals surface area contributed by atoms with E-state index in [9.17, 15) is 36.0 Å². The van der Waals surface area contributed by atoms with Crippen molar-refractivity contribution in [1.82, 2.24) is 25.2 Å². The van der Waals surface area contributed by atoms with E-state index < -0.39 is 79.3 Å². The van der Waals surface area contributed by atoms with Crippen molar-refractivity contribution in [2.45, 2.75) is 144 Å². The molecule has 3 aliphatic carbocycles. The fraction of sp³-hybridized carbons (Fsp3) is 0.659. The highest BCUT2D eigenvalue weighted by atomic mass is 32.2. The van der Waals surface area contributed by atoms with Gasteiger partial charge in [-0.15, -0.1) is 0 Å². The zero-order valence-electron chi connectivity index (χ0n) is 32.7. The Morgan fingerprint density at radius 2 is 1.82 bits per heavy atom. The Bertz CT molecular complexity index is 2100. The third-order valence-corrected chi connectivity index (χ3v) is 15.6. The number of halogens is 3. The standard InChI is InChI=1S/C41H52F3N5O7S/c1-25(2)39(19-20-39)56-36(52)45-27-12-8-6-4-5-7-11-26-21-40(26,35(51)48-57(53,54)37(3)17-18-37)47-34(50)31-22-38(24-49(31)23-27)16-15-29-28-13-9-10-14-30(28)46-33(32(29)55-38)41(42,43)44/h7,9-11,13-14,25-27,31H,4-6,8,12,15-24H2,1-3H3,(H,45,52)(H,47,50)(H,48,51). The number of ether oxygens (including phenoxy) is 2. The van der Waals surface area contributed by atoms with E-state index in [-0.39, 0.29) is 49.5 Å². The lowest BCUT2D eigenvalue weighted by Crippen LogP contribution is -2.57. The number of nitrogens with zero attached hydrogens (tertiary/aromatic N) is 2. The molecule has 0 radical (unpaired) electrons. The van der Waals surface area contributed by atoms with Crippen molar-refractivity contribution in [3.8, 4) is 5.75 Å². The number of amides is 3. The summed E-state index contributed by atoms with van der Waals surface area (Å²) in [6.07, 6.45) is 5.26. The monoisotopic (exact) mass is 815 g/mol. The molecule has 0 bridgehead atoms. The van der Waals surface area contributed by atoms with Crippen molar-refractivity contribution >= 4 is 38.8 Å². The number of aryl methyl sites for hydroxylation is 1. The van der Waals surface area contributed by atoms with Crippen molar-refractivity contribution in [2.24, 2.45) is 11.8 Å². The Morgan fingerprint density at radius 1 is 1.07 bits per heavy atom. The molecule has 4 heterocycles. The minimum absolute atomic E-state index is 0.00933. The van der Waals surface area contributed by atoms with Crippen LogP contribution in [0.5, 0.6) is 5.75 Å². The summed E-state index contributed by atoms with van der Waals surface area (Å²) in [4.78, 5) is 47.8. The number of hydrogen-bond acceptors (Lipinski definition) is 9. The SMILES string of the molecule is CC(C)C1(OC(=O)NC2CCCCCC=CC3CC3(C(=O)NS(=O)(=O)C3(C)CC3)NC(=O)C3CC4(CCc5c(c(C(F)(F)F)nc6ccccc56)O4)CN3C2)CC1. The van der Waals surface area contributed by atoms with Crippen molar-refractivity contribution in [1.29, 1.82) is 0 Å². The molecule has 3 N–H and O–H groups in total. The van der Waals surface area contributed by atoms with Crippen LogP contribution in [0.25, 0.3) is 10.9 Å². The molecule has 12 nitrogen and oxygen atoms in total. The Morgan fingerprint density at radius 3 is 2.53 bits per heavy atom. The van der Waals surface area contributed by atoms with Crippen LogP contribution in [0, 0.1) is 11.8 Å². The minimum Gasteiger partial charge on any atom is -0.483 e. The quantitative estimate of drug-likeness (QED) is 0.295. The number of alkyl carbamates (subject to hydrolysis) is 1. The first-order valence-electron chi connectivity index (χ1n) is 20.4. The second-order valence-electron chi connectivity index (χ2n) is 17.9. The first kappa shape index (κ1) is 39.9. The lowest BCUT2D eigenvalue weighted by Gasteiger charge is -2.37. The summed E-state index contributed by atoms with van der Waals surface area (Å²) in [6.45, 7) is 5.82. The number of alkyl halides is 3. The molecule has 1 saturated heterocycles. The van der Waals surface area contributed by atoms with Gasteiger partial charge in [0.15, 0.2) is 11.4 Å². The van der Waals surface area contributed by atoms with Crippen molar-refractivity contribution < 1.29 is 45.4 Å². The Labute approximate surface area is 331 Å². The molecule has 1 aromatic heterocycles. The minimum atomic E-state index is -4.82. The Kier molecular flexibility index (Phi) is 9.88. The molecule has 3 aliphatic heterocycles. The van der Waals surface area contributed by atoms with Crippen LogP contribution < -0.4 is 20.1 Å². The number of benzene rings is 1. The molecule has 8 rings (SSSR count). The lowest BCUT2D eigenvalue weighted by atomic mass is 9.87. The van der Waals surface area contributed by atoms with Crippen LogP contribution in [-0.2, 0) is 36.9 Å². The van der Waals surface area contributed by atoms with Gasteiger partial charge in [-0.3, -0.25) is 19.2 Å². The molecular formula is C41H52F3N5O7S. The third kappa shape index (κ3) is 7.60. The van der Waals surface area contributed by atoms with Crippen molar-refractivity contribution in [3.63, 3.8) is 0 Å². The molecule has 6 aliphatic rings. The maximum absolute atomic E-state index is 14.7. The molecule has 310 valence electrons. The average molecular weight is 816 g/mol. The molecular weight excluding hydrogens is 764 g/mol. The first-order chi connectivity index (χ1) is 26.9. The smallest absolute Gasteiger partial charge is 0.437 e. The number of allylic oxidation sites excluding steroid dienone is 1. The van der Waals surface area contributed by atoms with E-state index in [1.807, 2.05) is 30.9 Å². The van der Waals surface area contributed by atoms with Gasteiger partial charge in [0.1, 0.15) is 16.7 Å². The zero-order chi connectivity index (χ0) is 40.6. The molecule has 3 amide bonds. The largest absolute Gasteiger partial charge is 0.483 e. The average Bonchev–Trinajstić information content (AvgIpc) is 4.09. The summed E-state index contributed by atoms with van der Waals surface area (Å²) in [5.74, 6) is -2.04. The van der Waals surface area contributed by atoms with Gasteiger partial charge < -0.3 is 20.1 Å². The van der Waals surface area contributed by atoms with Crippen LogP contribution >= 0.6 is 0 Å². The number of hydrogen-bond donors (Lipinski definition) is 3. The highest BCUT2D eigenvalue weighted by Crippen LogP contribution is 2.51. The topological polar surface area (TPSA) is 156 Å². The van der Waals surface area contributed by atoms with Gasteiger partial charge in [-0.1, -0.05) is 57.0 Å². The highest BCUT2D eigenvalue weighted by molar-refractivity contribution is 7.91. The number of carbonyl (C=O) groups excluding carboxylic acids is 3. The molecule has 57 heavy (non-hydrogen) atoms. The van der Waals surface area contributed by atoms with Gasteiger partial charge in [0.2, 0.25) is 15.9 Å². The molecule has 1 aromatic carbocycles. The van der Waals surface area contributed by atoms with Gasteiger partial charge in [-0.25, -0.2) is 18.2 Å². The Balaban J connectivity index is 1.12. The summed E-state index contributed by atoms with van der Waals surface area (Å²) in [5.41, 5.74) is -3.80. The van der Waals surface area contributed by atoms with Crippen LogP contribution in [-0.4, -0.2) is 82.9 Å². The fourth-order valence-electron chi connectivity index (χ4n) is 9.11. The number of carbonyl (C=O) groups is 3. The van der Waals surface area contributed by atoms with Gasteiger partial charge in [-0.2, -0.15) is 13.2 Å². The van der Waals surface area contributed by atoms with Gasteiger partial charge in [0.05, 0.1) is 16.3 Å². The summed E-state index contributed by atoms with van der Waals surface area (Å²) in [5, 5.41) is 6.56. The molecule has 5 unspecified atom stereocenters. The number of sulfonamides is 1. The van der Waals surface area contributed by atoms with Crippen LogP contribution in [0.1, 0.15) is 109 Å². The summed E-state index contributed by atoms with van der Waals surface area (Å²) in [7, 11) is -4.02. The summed E-state index contributed by atoms with van der Waals surface area (Å²) >= 11 is 0. The second kappa shape index (κ2) is 14.1. The predicted molar refractivity (Wildman–Crippen MR) is 205 cm³/mol. The van der Waals surface area contributed by atoms with E-state index in [4.69, 9.17) is 9.47 Å². The number of nitrogens with one attached hydrogen (secondary N) is 3. The number of aromatic nitrogens is 1. The number of rotatable bonds is 6. The van der Waals surface area contributed by atoms with Crippen LogP contribution in [0.2, 0.25) is 0 Å². The van der Waals surface area contributed by atoms with E-state index in [0.29, 0.717) is 36.6 Å². The van der Waals surface area contributed by atoms with Gasteiger partial charge in [0, 0.05) is 42.4 Å². The molecule has 2 aromatic rings. The molecule has 3 saturated carbocycles. The molecule has 1 spiro atoms. The maximum Gasteiger partial charge on any atom is 0.437 e. The zero-order valence-corrected chi connectivity index (χ0v) is 33.5. The van der Waals surface area contributed by atoms with E-state index in [0.717, 1.165) is 38.5 Å². The third-order valence-electron chi connectivity index (χ3n) is 13.4. The number of pyridine rings is 1. The fourth-order valence-corrected chi connectivity index (χ4v) is 10.4. The van der Waals surface area contributed by atoms with Gasteiger partial charge in [0.25, 0.3) is 5.91 Å². The number of para-hydroxylation sites is 1.